The van der Waals surface area contributed by atoms with E-state index >= 15 is 0 Å². The Balaban J connectivity index is 1.13. The summed E-state index contributed by atoms with van der Waals surface area (Å²) < 4.78 is 7.15. The van der Waals surface area contributed by atoms with Crippen molar-refractivity contribution in [1.82, 2.24) is 24.7 Å². The van der Waals surface area contributed by atoms with E-state index in [9.17, 15) is 4.79 Å². The van der Waals surface area contributed by atoms with Crippen LogP contribution in [-0.2, 0) is 4.74 Å². The molecule has 1 aromatic carbocycles. The lowest BCUT2D eigenvalue weighted by Crippen LogP contribution is -2.57. The molecule has 3 saturated heterocycles. The number of likely N-dealkylation sites (tertiary alicyclic amines) is 1. The molecule has 1 N–H and O–H groups in total. The first-order valence-electron chi connectivity index (χ1n) is 13.7. The molecule has 2 aromatic heterocycles. The summed E-state index contributed by atoms with van der Waals surface area (Å²) in [6, 6.07) is 14.3. The predicted octanol–water partition coefficient (Wildman–Crippen LogP) is 3.82. The van der Waals surface area contributed by atoms with E-state index in [1.165, 1.54) is 48.3 Å². The third-order valence-corrected chi connectivity index (χ3v) is 8.33. The molecule has 3 aliphatic rings. The highest BCUT2D eigenvalue weighted by Crippen LogP contribution is 2.32. The molecule has 8 heteroatoms. The van der Waals surface area contributed by atoms with Gasteiger partial charge in [0.1, 0.15) is 0 Å². The van der Waals surface area contributed by atoms with Crippen LogP contribution in [0.1, 0.15) is 38.2 Å². The number of aromatic nitrogens is 2. The minimum atomic E-state index is 0.0201. The Bertz CT molecular complexity index is 1220. The zero-order chi connectivity index (χ0) is 25.4. The van der Waals surface area contributed by atoms with Gasteiger partial charge in [0.25, 0.3) is 0 Å². The summed E-state index contributed by atoms with van der Waals surface area (Å²) in [5.41, 5.74) is 6.14. The summed E-state index contributed by atoms with van der Waals surface area (Å²) >= 11 is 0. The Morgan fingerprint density at radius 1 is 0.973 bits per heavy atom. The number of hydrogen-bond acceptors (Lipinski definition) is 5. The second-order valence-electron chi connectivity index (χ2n) is 11.0. The molecule has 5 heterocycles. The van der Waals surface area contributed by atoms with Crippen LogP contribution in [0, 0.1) is 0 Å². The van der Waals surface area contributed by atoms with Crippen LogP contribution in [0.5, 0.6) is 0 Å². The Kier molecular flexibility index (Phi) is 6.78. The van der Waals surface area contributed by atoms with Crippen LogP contribution in [0.2, 0.25) is 0 Å². The third-order valence-electron chi connectivity index (χ3n) is 8.33. The Hall–Kier alpha value is -3.10. The molecule has 196 valence electrons. The largest absolute Gasteiger partial charge is 0.377 e. The maximum Gasteiger partial charge on any atom is 0.317 e. The van der Waals surface area contributed by atoms with Gasteiger partial charge in [-0.2, -0.15) is 5.10 Å². The highest BCUT2D eigenvalue weighted by atomic mass is 16.5. The number of hydrogen-bond donors (Lipinski definition) is 1. The van der Waals surface area contributed by atoms with Crippen molar-refractivity contribution >= 4 is 17.2 Å². The SMILES string of the molecule is CC(C)N1CCC(c2ccc(-c3cc4c(N5CCN(C(=O)NC6COC6)CC5)ccnn4c3)cc2)CC1. The normalized spacial score (nSPS) is 20.0. The van der Waals surface area contributed by atoms with Crippen LogP contribution in [-0.4, -0.2) is 90.0 Å². The monoisotopic (exact) mass is 502 g/mol. The fourth-order valence-electron chi connectivity index (χ4n) is 5.86. The summed E-state index contributed by atoms with van der Waals surface area (Å²) in [4.78, 5) is 19.4. The lowest BCUT2D eigenvalue weighted by Gasteiger charge is -2.37. The molecule has 6 rings (SSSR count). The van der Waals surface area contributed by atoms with Gasteiger partial charge in [-0.3, -0.25) is 0 Å². The molecular weight excluding hydrogens is 464 g/mol. The van der Waals surface area contributed by atoms with Gasteiger partial charge in [-0.1, -0.05) is 24.3 Å². The highest BCUT2D eigenvalue weighted by molar-refractivity contribution is 5.80. The fourth-order valence-corrected chi connectivity index (χ4v) is 5.86. The zero-order valence-electron chi connectivity index (χ0n) is 22.0. The molecule has 0 unspecified atom stereocenters. The fraction of sp³-hybridized carbons (Fsp3) is 0.517. The standard InChI is InChI=1S/C29H38N6O2/c1-21(2)32-11-8-24(9-12-32)22-3-5-23(6-4-22)25-17-28-27(7-10-30-35(28)18-25)33-13-15-34(16-14-33)29(36)31-26-19-37-20-26/h3-7,10,17-18,21,24,26H,8-9,11-16,19-20H2,1-2H3,(H,31,36). The van der Waals surface area contributed by atoms with Gasteiger partial charge >= 0.3 is 6.03 Å². The summed E-state index contributed by atoms with van der Waals surface area (Å²) in [5, 5.41) is 7.64. The molecule has 0 spiro atoms. The summed E-state index contributed by atoms with van der Waals surface area (Å²) in [6.07, 6.45) is 6.48. The first-order chi connectivity index (χ1) is 18.0. The summed E-state index contributed by atoms with van der Waals surface area (Å²) in [6.45, 7) is 11.2. The third kappa shape index (κ3) is 5.05. The van der Waals surface area contributed by atoms with E-state index in [1.807, 2.05) is 15.6 Å². The number of piperidine rings is 1. The van der Waals surface area contributed by atoms with Gasteiger partial charge in [0.2, 0.25) is 0 Å². The molecular formula is C29H38N6O2. The van der Waals surface area contributed by atoms with Crippen molar-refractivity contribution in [2.24, 2.45) is 0 Å². The lowest BCUT2D eigenvalue weighted by molar-refractivity contribution is -0.00210. The van der Waals surface area contributed by atoms with E-state index in [1.54, 1.807) is 0 Å². The zero-order valence-corrected chi connectivity index (χ0v) is 22.0. The van der Waals surface area contributed by atoms with Gasteiger partial charge in [-0.15, -0.1) is 0 Å². The number of carbonyl (C=O) groups is 1. The molecule has 0 aliphatic carbocycles. The first kappa shape index (κ1) is 24.2. The number of nitrogens with one attached hydrogen (secondary N) is 1. The minimum Gasteiger partial charge on any atom is -0.377 e. The predicted molar refractivity (Wildman–Crippen MR) is 146 cm³/mol. The lowest BCUT2D eigenvalue weighted by atomic mass is 9.88. The van der Waals surface area contributed by atoms with Gasteiger partial charge in [0, 0.05) is 50.2 Å². The number of nitrogens with zero attached hydrogens (tertiary/aromatic N) is 5. The summed E-state index contributed by atoms with van der Waals surface area (Å²) in [7, 11) is 0. The molecule has 0 saturated carbocycles. The van der Waals surface area contributed by atoms with Gasteiger partial charge in [0.05, 0.1) is 30.5 Å². The number of amides is 2. The molecule has 0 atom stereocenters. The number of carbonyl (C=O) groups excluding carboxylic acids is 1. The molecule has 3 fully saturated rings. The van der Waals surface area contributed by atoms with Crippen molar-refractivity contribution < 1.29 is 9.53 Å². The van der Waals surface area contributed by atoms with E-state index in [2.05, 4.69) is 76.7 Å². The maximum absolute atomic E-state index is 12.5. The van der Waals surface area contributed by atoms with Gasteiger partial charge in [-0.05, 0) is 69.0 Å². The van der Waals surface area contributed by atoms with E-state index in [4.69, 9.17) is 4.74 Å². The minimum absolute atomic E-state index is 0.0201. The van der Waals surface area contributed by atoms with Crippen LogP contribution >= 0.6 is 0 Å². The smallest absolute Gasteiger partial charge is 0.317 e. The van der Waals surface area contributed by atoms with Crippen molar-refractivity contribution in [1.29, 1.82) is 0 Å². The number of piperazine rings is 1. The quantitative estimate of drug-likeness (QED) is 0.575. The van der Waals surface area contributed by atoms with E-state index in [0.29, 0.717) is 38.3 Å². The maximum atomic E-state index is 12.5. The van der Waals surface area contributed by atoms with Crippen molar-refractivity contribution in [2.75, 3.05) is 57.4 Å². The number of fused-ring (bicyclic) bond motifs is 1. The Morgan fingerprint density at radius 3 is 2.35 bits per heavy atom. The van der Waals surface area contributed by atoms with Crippen molar-refractivity contribution in [3.63, 3.8) is 0 Å². The van der Waals surface area contributed by atoms with Crippen LogP contribution in [0.3, 0.4) is 0 Å². The first-order valence-corrected chi connectivity index (χ1v) is 13.7. The molecule has 0 bridgehead atoms. The van der Waals surface area contributed by atoms with Gasteiger partial charge in [-0.25, -0.2) is 9.31 Å². The molecule has 37 heavy (non-hydrogen) atoms. The van der Waals surface area contributed by atoms with Crippen molar-refractivity contribution in [3.8, 4) is 11.1 Å². The molecule has 3 aliphatic heterocycles. The van der Waals surface area contributed by atoms with Crippen LogP contribution < -0.4 is 10.2 Å². The van der Waals surface area contributed by atoms with Gasteiger partial charge in [0.15, 0.2) is 0 Å². The molecule has 3 aromatic rings. The van der Waals surface area contributed by atoms with Crippen molar-refractivity contribution in [2.45, 2.75) is 44.7 Å². The number of urea groups is 1. The Labute approximate surface area is 219 Å². The number of benzene rings is 1. The van der Waals surface area contributed by atoms with Crippen LogP contribution in [0.4, 0.5) is 10.5 Å². The average molecular weight is 503 g/mol. The van der Waals surface area contributed by atoms with E-state index in [-0.39, 0.29) is 12.1 Å². The van der Waals surface area contributed by atoms with Gasteiger partial charge < -0.3 is 24.8 Å². The van der Waals surface area contributed by atoms with E-state index < -0.39 is 0 Å². The number of anilines is 1. The van der Waals surface area contributed by atoms with Crippen molar-refractivity contribution in [3.05, 3.63) is 54.4 Å². The van der Waals surface area contributed by atoms with Crippen LogP contribution in [0.25, 0.3) is 16.6 Å². The topological polar surface area (TPSA) is 65.3 Å². The highest BCUT2D eigenvalue weighted by Gasteiger charge is 2.27. The second-order valence-corrected chi connectivity index (χ2v) is 11.0. The molecule has 0 radical (unpaired) electrons. The van der Waals surface area contributed by atoms with Crippen LogP contribution in [0.15, 0.2) is 48.8 Å². The van der Waals surface area contributed by atoms with E-state index in [0.717, 1.165) is 18.6 Å². The Morgan fingerprint density at radius 2 is 1.70 bits per heavy atom. The average Bonchev–Trinajstić information content (AvgIpc) is 3.35. The number of rotatable bonds is 5. The molecule has 2 amide bonds. The second kappa shape index (κ2) is 10.3. The summed E-state index contributed by atoms with van der Waals surface area (Å²) in [5.74, 6) is 0.660. The molecule has 8 nitrogen and oxygen atoms in total. The number of ether oxygens (including phenoxy) is 1.